The van der Waals surface area contributed by atoms with E-state index in [0.717, 1.165) is 25.3 Å². The number of methoxy groups -OCH3 is 1. The molecule has 4 nitrogen and oxygen atoms in total. The molecule has 0 saturated heterocycles. The number of carbonyl (C=O) groups excluding carboxylic acids is 1. The van der Waals surface area contributed by atoms with Gasteiger partial charge in [0.2, 0.25) is 5.91 Å². The molecule has 1 amide bonds. The highest BCUT2D eigenvalue weighted by molar-refractivity contribution is 8.04. The monoisotopic (exact) mass is 410 g/mol. The number of hydrogen-bond donors (Lipinski definition) is 0. The third-order valence-electron chi connectivity index (χ3n) is 4.93. The number of rotatable bonds is 10. The predicted octanol–water partition coefficient (Wildman–Crippen LogP) is 4.24. The first-order valence-corrected chi connectivity index (χ1v) is 11.7. The fraction of sp³-hybridized carbons (Fsp3) is 0.667. The highest BCUT2D eigenvalue weighted by Crippen LogP contribution is 2.39. The molecule has 0 aliphatic heterocycles. The van der Waals surface area contributed by atoms with E-state index < -0.39 is 0 Å². The van der Waals surface area contributed by atoms with Crippen LogP contribution in [0.2, 0.25) is 0 Å². The number of benzene rings is 1. The Labute approximate surface area is 173 Å². The fourth-order valence-corrected chi connectivity index (χ4v) is 6.13. The van der Waals surface area contributed by atoms with Crippen molar-refractivity contribution in [3.8, 4) is 5.75 Å². The van der Waals surface area contributed by atoms with Crippen molar-refractivity contribution in [1.29, 1.82) is 0 Å². The average molecular weight is 411 g/mol. The lowest BCUT2D eigenvalue weighted by Crippen LogP contribution is -2.33. The van der Waals surface area contributed by atoms with E-state index >= 15 is 0 Å². The van der Waals surface area contributed by atoms with Crippen molar-refractivity contribution in [1.82, 2.24) is 9.80 Å². The molecule has 152 valence electrons. The smallest absolute Gasteiger partial charge is 0.232 e. The molecule has 1 aliphatic carbocycles. The van der Waals surface area contributed by atoms with E-state index in [0.29, 0.717) is 16.3 Å². The van der Waals surface area contributed by atoms with Gasteiger partial charge in [0, 0.05) is 29.0 Å². The maximum Gasteiger partial charge on any atom is 0.232 e. The summed E-state index contributed by atoms with van der Waals surface area (Å²) in [5, 5.41) is 1.15. The van der Waals surface area contributed by atoms with Crippen molar-refractivity contribution in [3.63, 3.8) is 0 Å². The van der Waals surface area contributed by atoms with Gasteiger partial charge in [0.1, 0.15) is 5.75 Å². The van der Waals surface area contributed by atoms with E-state index in [-0.39, 0.29) is 5.91 Å². The molecule has 0 aromatic heterocycles. The van der Waals surface area contributed by atoms with E-state index in [1.165, 1.54) is 30.6 Å². The Morgan fingerprint density at radius 1 is 1.07 bits per heavy atom. The molecule has 6 heteroatoms. The van der Waals surface area contributed by atoms with Crippen LogP contribution in [0.5, 0.6) is 5.75 Å². The van der Waals surface area contributed by atoms with Crippen molar-refractivity contribution < 1.29 is 9.53 Å². The van der Waals surface area contributed by atoms with E-state index in [2.05, 4.69) is 31.1 Å². The number of carbonyl (C=O) groups is 1. The number of hydrogen-bond acceptors (Lipinski definition) is 5. The lowest BCUT2D eigenvalue weighted by molar-refractivity contribution is -0.127. The molecule has 0 radical (unpaired) electrons. The van der Waals surface area contributed by atoms with Crippen molar-refractivity contribution in [2.24, 2.45) is 0 Å². The molecule has 2 rings (SSSR count). The van der Waals surface area contributed by atoms with Gasteiger partial charge in [0.15, 0.2) is 0 Å². The molecule has 0 spiro atoms. The quantitative estimate of drug-likeness (QED) is 0.576. The minimum absolute atomic E-state index is 0.262. The van der Waals surface area contributed by atoms with E-state index in [4.69, 9.17) is 4.74 Å². The van der Waals surface area contributed by atoms with E-state index in [1.54, 1.807) is 7.11 Å². The molecule has 2 unspecified atom stereocenters. The first-order chi connectivity index (χ1) is 13.0. The Bertz CT molecular complexity index is 566. The van der Waals surface area contributed by atoms with Gasteiger partial charge in [-0.2, -0.15) is 0 Å². The molecular weight excluding hydrogens is 376 g/mol. The minimum atomic E-state index is 0.262. The van der Waals surface area contributed by atoms with Crippen LogP contribution in [0.4, 0.5) is 0 Å². The minimum Gasteiger partial charge on any atom is -0.497 e. The first kappa shape index (κ1) is 22.4. The summed E-state index contributed by atoms with van der Waals surface area (Å²) in [5.74, 6) is 1.76. The summed E-state index contributed by atoms with van der Waals surface area (Å²) < 4.78 is 5.25. The van der Waals surface area contributed by atoms with Crippen LogP contribution in [-0.4, -0.2) is 73.3 Å². The molecule has 1 aliphatic rings. The van der Waals surface area contributed by atoms with Gasteiger partial charge >= 0.3 is 0 Å². The average Bonchev–Trinajstić information content (AvgIpc) is 2.67. The van der Waals surface area contributed by atoms with Gasteiger partial charge in [0.25, 0.3) is 0 Å². The summed E-state index contributed by atoms with van der Waals surface area (Å²) in [6.07, 6.45) is 6.06. The van der Waals surface area contributed by atoms with Gasteiger partial charge in [-0.1, -0.05) is 12.8 Å². The summed E-state index contributed by atoms with van der Waals surface area (Å²) in [6, 6.07) is 8.34. The van der Waals surface area contributed by atoms with E-state index in [9.17, 15) is 4.79 Å². The molecular formula is C21H34N2O2S2. The molecule has 1 aromatic rings. The summed E-state index contributed by atoms with van der Waals surface area (Å²) in [6.45, 7) is 1.86. The molecule has 2 atom stereocenters. The normalized spacial score (nSPS) is 19.9. The Morgan fingerprint density at radius 2 is 1.74 bits per heavy atom. The van der Waals surface area contributed by atoms with Crippen LogP contribution in [-0.2, 0) is 4.79 Å². The van der Waals surface area contributed by atoms with Gasteiger partial charge < -0.3 is 14.5 Å². The number of nitrogens with zero attached hydrogens (tertiary/aromatic N) is 2. The predicted molar refractivity (Wildman–Crippen MR) is 118 cm³/mol. The number of ether oxygens (including phenoxy) is 1. The van der Waals surface area contributed by atoms with Gasteiger partial charge in [-0.15, -0.1) is 23.5 Å². The van der Waals surface area contributed by atoms with Gasteiger partial charge in [-0.05, 0) is 64.2 Å². The standard InChI is InChI=1S/C21H34N2O2S2/c1-22(2)14-7-15-23(3)21(24)16-26-19-8-5-6-9-20(19)27-18-12-10-17(25-4)11-13-18/h10-13,19-20H,5-9,14-16H2,1-4H3. The van der Waals surface area contributed by atoms with Gasteiger partial charge in [-0.25, -0.2) is 0 Å². The summed E-state index contributed by atoms with van der Waals surface area (Å²) >= 11 is 3.82. The molecule has 1 aromatic carbocycles. The van der Waals surface area contributed by atoms with Crippen LogP contribution in [0.3, 0.4) is 0 Å². The molecule has 27 heavy (non-hydrogen) atoms. The van der Waals surface area contributed by atoms with Gasteiger partial charge in [-0.3, -0.25) is 4.79 Å². The largest absolute Gasteiger partial charge is 0.497 e. The zero-order chi connectivity index (χ0) is 19.6. The lowest BCUT2D eigenvalue weighted by atomic mass is 10.00. The lowest BCUT2D eigenvalue weighted by Gasteiger charge is -2.31. The van der Waals surface area contributed by atoms with E-state index in [1.807, 2.05) is 47.6 Å². The Morgan fingerprint density at radius 3 is 2.37 bits per heavy atom. The topological polar surface area (TPSA) is 32.8 Å². The van der Waals surface area contributed by atoms with Gasteiger partial charge in [0.05, 0.1) is 12.9 Å². The molecule has 0 bridgehead atoms. The first-order valence-electron chi connectivity index (χ1n) is 9.80. The number of thioether (sulfide) groups is 2. The highest BCUT2D eigenvalue weighted by Gasteiger charge is 2.27. The van der Waals surface area contributed by atoms with Crippen LogP contribution in [0.15, 0.2) is 29.2 Å². The zero-order valence-electron chi connectivity index (χ0n) is 17.1. The van der Waals surface area contributed by atoms with Crippen molar-refractivity contribution in [2.45, 2.75) is 47.5 Å². The molecule has 1 saturated carbocycles. The molecule has 0 N–H and O–H groups in total. The van der Waals surface area contributed by atoms with Crippen LogP contribution in [0, 0.1) is 0 Å². The zero-order valence-corrected chi connectivity index (χ0v) is 18.8. The fourth-order valence-electron chi connectivity index (χ4n) is 3.25. The Hall–Kier alpha value is -0.850. The second-order valence-corrected chi connectivity index (χ2v) is 9.98. The SMILES string of the molecule is COc1ccc(SC2CCCCC2SCC(=O)N(C)CCCN(C)C)cc1. The second kappa shape index (κ2) is 11.9. The second-order valence-electron chi connectivity index (χ2n) is 7.44. The Kier molecular flexibility index (Phi) is 9.87. The highest BCUT2D eigenvalue weighted by atomic mass is 32.2. The van der Waals surface area contributed by atoms with Crippen LogP contribution in [0.25, 0.3) is 0 Å². The maximum absolute atomic E-state index is 12.5. The third-order valence-corrected chi connectivity index (χ3v) is 7.92. The van der Waals surface area contributed by atoms with Crippen LogP contribution >= 0.6 is 23.5 Å². The summed E-state index contributed by atoms with van der Waals surface area (Å²) in [4.78, 5) is 17.8. The van der Waals surface area contributed by atoms with Crippen molar-refractivity contribution >= 4 is 29.4 Å². The summed E-state index contributed by atoms with van der Waals surface area (Å²) in [7, 11) is 7.77. The number of amides is 1. The van der Waals surface area contributed by atoms with Crippen molar-refractivity contribution in [2.75, 3.05) is 47.1 Å². The van der Waals surface area contributed by atoms with Crippen molar-refractivity contribution in [3.05, 3.63) is 24.3 Å². The Balaban J connectivity index is 1.80. The maximum atomic E-state index is 12.5. The summed E-state index contributed by atoms with van der Waals surface area (Å²) in [5.41, 5.74) is 0. The molecule has 0 heterocycles. The van der Waals surface area contributed by atoms with Crippen LogP contribution < -0.4 is 4.74 Å². The molecule has 1 fully saturated rings. The third kappa shape index (κ3) is 7.96. The van der Waals surface area contributed by atoms with Crippen LogP contribution in [0.1, 0.15) is 32.1 Å².